The van der Waals surface area contributed by atoms with Gasteiger partial charge in [0.2, 0.25) is 11.8 Å². The first kappa shape index (κ1) is 30.4. The second kappa shape index (κ2) is 14.8. The summed E-state index contributed by atoms with van der Waals surface area (Å²) >= 11 is 7.69. The van der Waals surface area contributed by atoms with Gasteiger partial charge in [0.05, 0.1) is 10.4 Å². The molecule has 0 amide bonds. The summed E-state index contributed by atoms with van der Waals surface area (Å²) in [4.78, 5) is 42.6. The Bertz CT molecular complexity index is 1180. The topological polar surface area (TPSA) is 195 Å². The molecule has 4 N–H and O–H groups in total. The van der Waals surface area contributed by atoms with Crippen LogP contribution in [0.1, 0.15) is 23.7 Å². The number of hydrogen-bond acceptors (Lipinski definition) is 10. The van der Waals surface area contributed by atoms with E-state index in [1.165, 1.54) is 4.88 Å². The van der Waals surface area contributed by atoms with Gasteiger partial charge >= 0.3 is 23.9 Å². The summed E-state index contributed by atoms with van der Waals surface area (Å²) in [5, 5.41) is 38.0. The minimum absolute atomic E-state index is 0.123. The maximum absolute atomic E-state index is 9.10. The number of halogens is 1. The Kier molecular flexibility index (Phi) is 11.8. The van der Waals surface area contributed by atoms with Crippen LogP contribution in [0.3, 0.4) is 0 Å². The Morgan fingerprint density at radius 3 is 1.92 bits per heavy atom. The summed E-state index contributed by atoms with van der Waals surface area (Å²) in [5.41, 5.74) is 0.956. The van der Waals surface area contributed by atoms with Crippen molar-refractivity contribution >= 4 is 46.8 Å². The zero-order valence-corrected chi connectivity index (χ0v) is 21.6. The lowest BCUT2D eigenvalue weighted by Crippen LogP contribution is -2.46. The Morgan fingerprint density at radius 1 is 0.895 bits per heavy atom. The first-order valence-corrected chi connectivity index (χ1v) is 12.2. The number of aliphatic carboxylic acids is 4. The van der Waals surface area contributed by atoms with Gasteiger partial charge in [-0.3, -0.25) is 9.80 Å². The van der Waals surface area contributed by atoms with E-state index in [2.05, 4.69) is 33.0 Å². The van der Waals surface area contributed by atoms with Gasteiger partial charge in [0, 0.05) is 43.2 Å². The third kappa shape index (κ3) is 9.89. The van der Waals surface area contributed by atoms with E-state index >= 15 is 0 Å². The average Bonchev–Trinajstić information content (AvgIpc) is 3.54. The maximum atomic E-state index is 9.10. The summed E-state index contributed by atoms with van der Waals surface area (Å²) in [5.74, 6) is -6.03. The Hall–Kier alpha value is -3.85. The molecule has 0 radical (unpaired) electrons. The van der Waals surface area contributed by atoms with Crippen LogP contribution in [0.5, 0.6) is 0 Å². The standard InChI is InChI=1S/C19H21ClN4OS.2C2H2O4/c1-14(18-21-22-19(25-18)15-5-3-2-4-6-15)24-11-9-23(10-12-24)13-16-7-8-17(20)26-16;2*3-1(4)2(5)6/h2-8,14H,9-13H2,1H3;2*(H,3,4)(H,5,6). The molecule has 0 bridgehead atoms. The molecule has 0 saturated carbocycles. The van der Waals surface area contributed by atoms with Gasteiger partial charge in [-0.25, -0.2) is 19.2 Å². The molecule has 1 aliphatic heterocycles. The van der Waals surface area contributed by atoms with E-state index in [1.54, 1.807) is 11.3 Å². The van der Waals surface area contributed by atoms with Gasteiger partial charge in [-0.2, -0.15) is 0 Å². The van der Waals surface area contributed by atoms with E-state index in [9.17, 15) is 0 Å². The van der Waals surface area contributed by atoms with Gasteiger partial charge in [-0.05, 0) is 31.2 Å². The number of benzene rings is 1. The number of carboxylic acids is 4. The predicted molar refractivity (Wildman–Crippen MR) is 135 cm³/mol. The summed E-state index contributed by atoms with van der Waals surface area (Å²) in [7, 11) is 0. The molecule has 13 nitrogen and oxygen atoms in total. The molecule has 1 fully saturated rings. The number of carbonyl (C=O) groups is 4. The van der Waals surface area contributed by atoms with Crippen molar-refractivity contribution < 1.29 is 44.0 Å². The number of rotatable bonds is 5. The lowest BCUT2D eigenvalue weighted by molar-refractivity contribution is -0.159. The van der Waals surface area contributed by atoms with Crippen molar-refractivity contribution in [3.05, 3.63) is 57.6 Å². The number of aromatic nitrogens is 2. The van der Waals surface area contributed by atoms with Gasteiger partial charge in [-0.15, -0.1) is 21.5 Å². The van der Waals surface area contributed by atoms with Gasteiger partial charge in [0.15, 0.2) is 0 Å². The quantitative estimate of drug-likeness (QED) is 0.328. The number of thiophene rings is 1. The highest BCUT2D eigenvalue weighted by Gasteiger charge is 2.26. The van der Waals surface area contributed by atoms with Gasteiger partial charge < -0.3 is 24.8 Å². The molecule has 2 aromatic heterocycles. The molecule has 1 unspecified atom stereocenters. The molecule has 4 rings (SSSR count). The summed E-state index contributed by atoms with van der Waals surface area (Å²) in [6.45, 7) is 7.14. The third-order valence-corrected chi connectivity index (χ3v) is 6.36. The van der Waals surface area contributed by atoms with Crippen LogP contribution in [0, 0.1) is 0 Å². The van der Waals surface area contributed by atoms with Crippen molar-refractivity contribution in [3.63, 3.8) is 0 Å². The third-order valence-electron chi connectivity index (χ3n) is 5.15. The average molecular weight is 569 g/mol. The lowest BCUT2D eigenvalue weighted by atomic mass is 10.2. The lowest BCUT2D eigenvalue weighted by Gasteiger charge is -2.36. The minimum atomic E-state index is -1.82. The number of nitrogens with zero attached hydrogens (tertiary/aromatic N) is 4. The van der Waals surface area contributed by atoms with Gasteiger partial charge in [0.1, 0.15) is 0 Å². The molecule has 204 valence electrons. The van der Waals surface area contributed by atoms with Crippen molar-refractivity contribution in [1.82, 2.24) is 20.0 Å². The molecule has 38 heavy (non-hydrogen) atoms. The fraction of sp³-hybridized carbons (Fsp3) is 0.304. The first-order chi connectivity index (χ1) is 18.0. The number of hydrogen-bond donors (Lipinski definition) is 4. The predicted octanol–water partition coefficient (Wildman–Crippen LogP) is 2.64. The first-order valence-electron chi connectivity index (χ1n) is 11.0. The van der Waals surface area contributed by atoms with E-state index in [4.69, 9.17) is 55.6 Å². The largest absolute Gasteiger partial charge is 0.473 e. The van der Waals surface area contributed by atoms with Crippen LogP contribution in [-0.4, -0.2) is 90.5 Å². The molecule has 1 aliphatic rings. The summed E-state index contributed by atoms with van der Waals surface area (Å²) in [6, 6.07) is 14.1. The van der Waals surface area contributed by atoms with Crippen LogP contribution >= 0.6 is 22.9 Å². The molecular formula is C23H25ClN4O9S. The highest BCUT2D eigenvalue weighted by Crippen LogP contribution is 2.26. The summed E-state index contributed by atoms with van der Waals surface area (Å²) < 4.78 is 6.78. The zero-order chi connectivity index (χ0) is 28.2. The van der Waals surface area contributed by atoms with E-state index in [-0.39, 0.29) is 6.04 Å². The fourth-order valence-corrected chi connectivity index (χ4v) is 4.35. The van der Waals surface area contributed by atoms with Crippen LogP contribution < -0.4 is 0 Å². The van der Waals surface area contributed by atoms with Crippen LogP contribution in [0.4, 0.5) is 0 Å². The molecule has 15 heteroatoms. The smallest absolute Gasteiger partial charge is 0.414 e. The number of piperazine rings is 1. The second-order valence-corrected chi connectivity index (χ2v) is 9.53. The highest BCUT2D eigenvalue weighted by molar-refractivity contribution is 7.16. The molecule has 1 saturated heterocycles. The fourth-order valence-electron chi connectivity index (χ4n) is 3.22. The monoisotopic (exact) mass is 568 g/mol. The molecule has 3 aromatic rings. The second-order valence-electron chi connectivity index (χ2n) is 7.73. The molecule has 0 spiro atoms. The van der Waals surface area contributed by atoms with Crippen LogP contribution in [-0.2, 0) is 25.7 Å². The number of carboxylic acid groups (broad SMARTS) is 4. The van der Waals surface area contributed by atoms with Crippen molar-refractivity contribution in [3.8, 4) is 11.5 Å². The maximum Gasteiger partial charge on any atom is 0.414 e. The van der Waals surface area contributed by atoms with Crippen molar-refractivity contribution in [1.29, 1.82) is 0 Å². The molecule has 0 aliphatic carbocycles. The van der Waals surface area contributed by atoms with Crippen molar-refractivity contribution in [2.45, 2.75) is 19.5 Å². The van der Waals surface area contributed by atoms with Gasteiger partial charge in [0.25, 0.3) is 0 Å². The Morgan fingerprint density at radius 2 is 1.45 bits per heavy atom. The van der Waals surface area contributed by atoms with E-state index in [0.717, 1.165) is 42.6 Å². The molecule has 1 aromatic carbocycles. The highest BCUT2D eigenvalue weighted by atomic mass is 35.5. The Labute approximate surface area is 225 Å². The zero-order valence-electron chi connectivity index (χ0n) is 20.1. The minimum Gasteiger partial charge on any atom is -0.473 e. The van der Waals surface area contributed by atoms with E-state index in [0.29, 0.717) is 11.8 Å². The normalized spacial score (nSPS) is 14.3. The molecule has 1 atom stereocenters. The Balaban J connectivity index is 0.000000355. The van der Waals surface area contributed by atoms with E-state index < -0.39 is 23.9 Å². The van der Waals surface area contributed by atoms with Crippen LogP contribution in [0.25, 0.3) is 11.5 Å². The van der Waals surface area contributed by atoms with Crippen molar-refractivity contribution in [2.75, 3.05) is 26.2 Å². The van der Waals surface area contributed by atoms with Crippen LogP contribution in [0.15, 0.2) is 46.9 Å². The SMILES string of the molecule is CC(c1nnc(-c2ccccc2)o1)N1CCN(Cc2ccc(Cl)s2)CC1.O=C(O)C(=O)O.O=C(O)C(=O)O. The van der Waals surface area contributed by atoms with Crippen LogP contribution in [0.2, 0.25) is 4.34 Å². The molecule has 3 heterocycles. The van der Waals surface area contributed by atoms with E-state index in [1.807, 2.05) is 36.4 Å². The molecular weight excluding hydrogens is 544 g/mol. The van der Waals surface area contributed by atoms with Gasteiger partial charge in [-0.1, -0.05) is 29.8 Å². The van der Waals surface area contributed by atoms with Crippen molar-refractivity contribution in [2.24, 2.45) is 0 Å². The summed E-state index contributed by atoms with van der Waals surface area (Å²) in [6.07, 6.45) is 0.